The molecule has 0 N–H and O–H groups in total. The molecule has 1 aromatic rings. The van der Waals surface area contributed by atoms with E-state index in [4.69, 9.17) is 0 Å². The Kier molecular flexibility index (Phi) is 6.44. The summed E-state index contributed by atoms with van der Waals surface area (Å²) in [6, 6.07) is 1.47. The molecule has 0 amide bonds. The molecular formula is C5H2Br2NNaO2S. The van der Waals surface area contributed by atoms with Crippen LogP contribution in [0.4, 0.5) is 0 Å². The van der Waals surface area contributed by atoms with E-state index < -0.39 is 11.1 Å². The predicted octanol–water partition coefficient (Wildman–Crippen LogP) is -1.15. The first-order valence-electron chi connectivity index (χ1n) is 2.51. The van der Waals surface area contributed by atoms with Gasteiger partial charge in [-0.15, -0.1) is 0 Å². The summed E-state index contributed by atoms with van der Waals surface area (Å²) in [7, 11) is 0. The predicted molar refractivity (Wildman–Crippen MR) is 46.8 cm³/mol. The fourth-order valence-electron chi connectivity index (χ4n) is 0.495. The van der Waals surface area contributed by atoms with Crippen LogP contribution >= 0.6 is 31.9 Å². The Morgan fingerprint density at radius 2 is 2.08 bits per heavy atom. The Hall–Kier alpha value is 1.22. The van der Waals surface area contributed by atoms with Crippen LogP contribution in [-0.2, 0) is 11.1 Å². The second-order valence-corrected chi connectivity index (χ2v) is 4.22. The zero-order valence-electron chi connectivity index (χ0n) is 6.08. The van der Waals surface area contributed by atoms with E-state index in [-0.39, 0.29) is 34.5 Å². The normalized spacial score (nSPS) is 11.9. The monoisotopic (exact) mass is 321 g/mol. The van der Waals surface area contributed by atoms with Gasteiger partial charge in [0, 0.05) is 11.1 Å². The van der Waals surface area contributed by atoms with E-state index in [2.05, 4.69) is 36.8 Å². The van der Waals surface area contributed by atoms with E-state index in [1.807, 2.05) is 0 Å². The fourth-order valence-corrected chi connectivity index (χ4v) is 1.57. The van der Waals surface area contributed by atoms with Crippen molar-refractivity contribution in [1.82, 2.24) is 4.98 Å². The first-order valence-corrected chi connectivity index (χ1v) is 5.17. The van der Waals surface area contributed by atoms with Gasteiger partial charge in [0.15, 0.2) is 0 Å². The van der Waals surface area contributed by atoms with Crippen molar-refractivity contribution in [3.05, 3.63) is 21.3 Å². The van der Waals surface area contributed by atoms with E-state index >= 15 is 0 Å². The van der Waals surface area contributed by atoms with Gasteiger partial charge in [-0.1, -0.05) is 0 Å². The van der Waals surface area contributed by atoms with Crippen LogP contribution in [0.3, 0.4) is 0 Å². The molecule has 12 heavy (non-hydrogen) atoms. The summed E-state index contributed by atoms with van der Waals surface area (Å²) in [4.78, 5) is 3.94. The van der Waals surface area contributed by atoms with E-state index in [1.165, 1.54) is 12.3 Å². The quantitative estimate of drug-likeness (QED) is 0.373. The van der Waals surface area contributed by atoms with Gasteiger partial charge in [-0.25, -0.2) is 4.98 Å². The largest absolute Gasteiger partial charge is 1.00 e. The van der Waals surface area contributed by atoms with E-state index in [0.717, 1.165) is 0 Å². The molecule has 0 fully saturated rings. The molecule has 60 valence electrons. The summed E-state index contributed by atoms with van der Waals surface area (Å²) < 4.78 is 22.0. The van der Waals surface area contributed by atoms with Crippen LogP contribution < -0.4 is 29.6 Å². The van der Waals surface area contributed by atoms with Crippen LogP contribution in [-0.4, -0.2) is 13.7 Å². The number of hydrogen-bond acceptors (Lipinski definition) is 3. The van der Waals surface area contributed by atoms with Crippen LogP contribution in [0.5, 0.6) is 0 Å². The summed E-state index contributed by atoms with van der Waals surface area (Å²) in [5.41, 5.74) is 0. The number of nitrogens with zero attached hydrogens (tertiary/aromatic N) is 1. The molecule has 1 aromatic heterocycles. The number of aromatic nitrogens is 1. The zero-order valence-corrected chi connectivity index (χ0v) is 12.1. The van der Waals surface area contributed by atoms with Crippen LogP contribution in [0.15, 0.2) is 26.2 Å². The maximum Gasteiger partial charge on any atom is 1.00 e. The number of pyridine rings is 1. The molecule has 1 rings (SSSR count). The second kappa shape index (κ2) is 5.85. The minimum Gasteiger partial charge on any atom is -0.768 e. The number of hydrogen-bond donors (Lipinski definition) is 0. The first kappa shape index (κ1) is 13.2. The molecule has 0 saturated carbocycles. The van der Waals surface area contributed by atoms with Gasteiger partial charge in [-0.3, -0.25) is 4.21 Å². The molecule has 0 spiro atoms. The van der Waals surface area contributed by atoms with Gasteiger partial charge in [0.1, 0.15) is 4.60 Å². The summed E-state index contributed by atoms with van der Waals surface area (Å²) in [6.45, 7) is 0. The van der Waals surface area contributed by atoms with Crippen molar-refractivity contribution in [2.45, 2.75) is 4.90 Å². The molecular weight excluding hydrogens is 321 g/mol. The van der Waals surface area contributed by atoms with Gasteiger partial charge in [0.05, 0.1) is 4.47 Å². The molecule has 0 aromatic carbocycles. The minimum atomic E-state index is -2.21. The Balaban J connectivity index is 0.00000121. The Labute approximate surface area is 111 Å². The Bertz CT molecular complexity index is 309. The molecule has 1 atom stereocenters. The maximum atomic E-state index is 10.4. The van der Waals surface area contributed by atoms with Gasteiger partial charge < -0.3 is 4.55 Å². The Morgan fingerprint density at radius 1 is 1.50 bits per heavy atom. The van der Waals surface area contributed by atoms with Crippen LogP contribution in [0.2, 0.25) is 0 Å². The van der Waals surface area contributed by atoms with Crippen molar-refractivity contribution in [2.24, 2.45) is 0 Å². The van der Waals surface area contributed by atoms with Gasteiger partial charge >= 0.3 is 29.6 Å². The van der Waals surface area contributed by atoms with Crippen LogP contribution in [0.25, 0.3) is 0 Å². The Morgan fingerprint density at radius 3 is 2.50 bits per heavy atom. The average molecular weight is 323 g/mol. The number of halogens is 2. The standard InChI is InChI=1S/C5H3Br2NO2S.Na/c6-4-1-3(11(9)10)2-8-5(4)7;/h1-2H,(H,9,10);/q;+1/p-1. The molecule has 1 unspecified atom stereocenters. The SMILES string of the molecule is O=S([O-])c1cnc(Br)c(Br)c1.[Na+]. The molecule has 0 aliphatic carbocycles. The van der Waals surface area contributed by atoms with Crippen molar-refractivity contribution in [2.75, 3.05) is 0 Å². The van der Waals surface area contributed by atoms with Gasteiger partial charge in [0.25, 0.3) is 0 Å². The molecule has 0 aliphatic rings. The molecule has 0 radical (unpaired) electrons. The van der Waals surface area contributed by atoms with Crippen LogP contribution in [0.1, 0.15) is 0 Å². The van der Waals surface area contributed by atoms with E-state index in [9.17, 15) is 8.76 Å². The van der Waals surface area contributed by atoms with Crippen molar-refractivity contribution >= 4 is 42.9 Å². The topological polar surface area (TPSA) is 53.0 Å². The molecule has 0 bridgehead atoms. The third-order valence-corrected chi connectivity index (χ3v) is 3.34. The molecule has 1 heterocycles. The molecule has 0 saturated heterocycles. The first-order chi connectivity index (χ1) is 5.11. The second-order valence-electron chi connectivity index (χ2n) is 1.68. The fraction of sp³-hybridized carbons (Fsp3) is 0. The summed E-state index contributed by atoms with van der Waals surface area (Å²) >= 11 is 4.04. The minimum absolute atomic E-state index is 0. The molecule has 3 nitrogen and oxygen atoms in total. The van der Waals surface area contributed by atoms with Crippen molar-refractivity contribution in [1.29, 1.82) is 0 Å². The van der Waals surface area contributed by atoms with Gasteiger partial charge in [-0.2, -0.15) is 0 Å². The summed E-state index contributed by atoms with van der Waals surface area (Å²) in [5.74, 6) is 0. The van der Waals surface area contributed by atoms with Crippen molar-refractivity contribution in [3.63, 3.8) is 0 Å². The molecule has 0 aliphatic heterocycles. The third-order valence-electron chi connectivity index (χ3n) is 0.964. The third kappa shape index (κ3) is 3.53. The van der Waals surface area contributed by atoms with Gasteiger partial charge in [-0.05, 0) is 49.0 Å². The van der Waals surface area contributed by atoms with Crippen molar-refractivity contribution < 1.29 is 38.3 Å². The number of rotatable bonds is 1. The smallest absolute Gasteiger partial charge is 0.768 e. The van der Waals surface area contributed by atoms with E-state index in [1.54, 1.807) is 0 Å². The average Bonchev–Trinajstić information content (AvgIpc) is 1.94. The van der Waals surface area contributed by atoms with E-state index in [0.29, 0.717) is 9.08 Å². The maximum absolute atomic E-state index is 10.4. The van der Waals surface area contributed by atoms with Crippen LogP contribution in [0, 0.1) is 0 Å². The summed E-state index contributed by atoms with van der Waals surface area (Å²) in [5, 5.41) is 0. The molecule has 7 heteroatoms. The van der Waals surface area contributed by atoms with Gasteiger partial charge in [0.2, 0.25) is 0 Å². The van der Waals surface area contributed by atoms with Crippen molar-refractivity contribution in [3.8, 4) is 0 Å². The summed E-state index contributed by atoms with van der Waals surface area (Å²) in [6.07, 6.45) is 1.28. The zero-order chi connectivity index (χ0) is 8.43.